The fourth-order valence-electron chi connectivity index (χ4n) is 2.96. The third kappa shape index (κ3) is 4.37. The van der Waals surface area contributed by atoms with Crippen LogP contribution in [0.3, 0.4) is 0 Å². The van der Waals surface area contributed by atoms with E-state index in [-0.39, 0.29) is 35.6 Å². The van der Waals surface area contributed by atoms with Crippen LogP contribution < -0.4 is 11.1 Å². The molecule has 3 atom stereocenters. The molecular formula is C17H24N2O4. The highest BCUT2D eigenvalue weighted by Crippen LogP contribution is 2.29. The smallest absolute Gasteiger partial charge is 0.340 e. The van der Waals surface area contributed by atoms with Gasteiger partial charge in [0.2, 0.25) is 0 Å². The predicted octanol–water partition coefficient (Wildman–Crippen LogP) is 2.07. The summed E-state index contributed by atoms with van der Waals surface area (Å²) < 4.78 is 4.99. The Morgan fingerprint density at radius 1 is 1.35 bits per heavy atom. The molecular weight excluding hydrogens is 296 g/mol. The average Bonchev–Trinajstić information content (AvgIpc) is 2.52. The molecule has 6 heteroatoms. The van der Waals surface area contributed by atoms with E-state index in [0.29, 0.717) is 11.8 Å². The molecule has 6 nitrogen and oxygen atoms in total. The number of nitrogens with one attached hydrogen (secondary N) is 1. The number of nitrogens with two attached hydrogens (primary N) is 1. The second-order valence-corrected chi connectivity index (χ2v) is 6.29. The van der Waals surface area contributed by atoms with Gasteiger partial charge in [-0.15, -0.1) is 0 Å². The molecule has 0 aliphatic heterocycles. The van der Waals surface area contributed by atoms with Crippen LogP contribution in [-0.2, 0) is 9.53 Å². The topological polar surface area (TPSA) is 102 Å². The van der Waals surface area contributed by atoms with Crippen molar-refractivity contribution in [3.63, 3.8) is 0 Å². The van der Waals surface area contributed by atoms with Gasteiger partial charge in [0.1, 0.15) is 5.75 Å². The Kier molecular flexibility index (Phi) is 5.47. The molecule has 1 amide bonds. The number of esters is 1. The first-order valence-electron chi connectivity index (χ1n) is 7.93. The molecule has 0 bridgehead atoms. The summed E-state index contributed by atoms with van der Waals surface area (Å²) in [6.07, 6.45) is 3.22. The summed E-state index contributed by atoms with van der Waals surface area (Å²) in [4.78, 5) is 23.9. The Morgan fingerprint density at radius 3 is 2.83 bits per heavy atom. The van der Waals surface area contributed by atoms with Crippen LogP contribution >= 0.6 is 0 Å². The van der Waals surface area contributed by atoms with Crippen molar-refractivity contribution in [3.8, 4) is 5.75 Å². The van der Waals surface area contributed by atoms with Gasteiger partial charge in [-0.25, -0.2) is 4.79 Å². The lowest BCUT2D eigenvalue weighted by atomic mass is 9.78. The molecule has 0 spiro atoms. The van der Waals surface area contributed by atoms with Crippen molar-refractivity contribution in [3.05, 3.63) is 23.8 Å². The van der Waals surface area contributed by atoms with Gasteiger partial charge < -0.3 is 20.9 Å². The molecule has 1 saturated carbocycles. The third-order valence-corrected chi connectivity index (χ3v) is 4.64. The number of nitrogen functional groups attached to an aromatic ring is 1. The Balaban J connectivity index is 1.86. The lowest BCUT2D eigenvalue weighted by Gasteiger charge is -2.34. The molecule has 0 aromatic heterocycles. The van der Waals surface area contributed by atoms with E-state index in [4.69, 9.17) is 10.5 Å². The summed E-state index contributed by atoms with van der Waals surface area (Å²) >= 11 is 0. The number of carbonyl (C=O) groups is 2. The second kappa shape index (κ2) is 7.35. The number of phenolic OH excluding ortho intramolecular Hbond substituents is 1. The largest absolute Gasteiger partial charge is 0.508 e. The monoisotopic (exact) mass is 320 g/mol. The highest BCUT2D eigenvalue weighted by atomic mass is 16.5. The van der Waals surface area contributed by atoms with Crippen LogP contribution in [0.4, 0.5) is 5.69 Å². The number of carbonyl (C=O) groups excluding carboxylic acids is 2. The fraction of sp³-hybridized carbons (Fsp3) is 0.529. The van der Waals surface area contributed by atoms with Crippen molar-refractivity contribution in [2.75, 3.05) is 12.3 Å². The lowest BCUT2D eigenvalue weighted by Crippen LogP contribution is -2.45. The van der Waals surface area contributed by atoms with Crippen molar-refractivity contribution >= 4 is 17.6 Å². The molecule has 4 N–H and O–H groups in total. The van der Waals surface area contributed by atoms with Gasteiger partial charge in [-0.05, 0) is 36.5 Å². The summed E-state index contributed by atoms with van der Waals surface area (Å²) in [7, 11) is 0. The molecule has 126 valence electrons. The van der Waals surface area contributed by atoms with Crippen molar-refractivity contribution < 1.29 is 19.4 Å². The van der Waals surface area contributed by atoms with Crippen LogP contribution in [0, 0.1) is 11.8 Å². The van der Waals surface area contributed by atoms with Crippen molar-refractivity contribution in [1.29, 1.82) is 0 Å². The van der Waals surface area contributed by atoms with Gasteiger partial charge in [-0.1, -0.05) is 26.7 Å². The minimum Gasteiger partial charge on any atom is -0.508 e. The number of rotatable bonds is 4. The summed E-state index contributed by atoms with van der Waals surface area (Å²) in [5.41, 5.74) is 5.92. The number of hydrogen-bond donors (Lipinski definition) is 3. The van der Waals surface area contributed by atoms with Gasteiger partial charge in [-0.2, -0.15) is 0 Å². The molecule has 1 aromatic rings. The van der Waals surface area contributed by atoms with Crippen molar-refractivity contribution in [2.45, 2.75) is 39.2 Å². The fourth-order valence-corrected chi connectivity index (χ4v) is 2.96. The summed E-state index contributed by atoms with van der Waals surface area (Å²) in [6.45, 7) is 3.97. The van der Waals surface area contributed by atoms with Crippen molar-refractivity contribution in [1.82, 2.24) is 5.32 Å². The maximum absolute atomic E-state index is 12.0. The quantitative estimate of drug-likeness (QED) is 0.448. The zero-order chi connectivity index (χ0) is 17.0. The Morgan fingerprint density at radius 2 is 2.09 bits per heavy atom. The lowest BCUT2D eigenvalue weighted by molar-refractivity contribution is -0.125. The highest BCUT2D eigenvalue weighted by Gasteiger charge is 2.28. The minimum atomic E-state index is -0.724. The number of aromatic hydroxyl groups is 1. The number of ether oxygens (including phenoxy) is 1. The summed E-state index contributed by atoms with van der Waals surface area (Å²) in [6, 6.07) is 4.14. The summed E-state index contributed by atoms with van der Waals surface area (Å²) in [5.74, 6) is -0.143. The van der Waals surface area contributed by atoms with Crippen LogP contribution in [0.1, 0.15) is 43.5 Å². The molecule has 0 radical (unpaired) electrons. The van der Waals surface area contributed by atoms with E-state index in [0.717, 1.165) is 12.8 Å². The number of hydrogen-bond acceptors (Lipinski definition) is 5. The molecule has 0 heterocycles. The van der Waals surface area contributed by atoms with Crippen LogP contribution in [0.15, 0.2) is 18.2 Å². The van der Waals surface area contributed by atoms with E-state index in [9.17, 15) is 14.7 Å². The average molecular weight is 320 g/mol. The first kappa shape index (κ1) is 17.1. The Hall–Kier alpha value is -2.24. The minimum absolute atomic E-state index is 0.0532. The van der Waals surface area contributed by atoms with Gasteiger partial charge in [0.15, 0.2) is 6.61 Å². The van der Waals surface area contributed by atoms with Crippen molar-refractivity contribution in [2.24, 2.45) is 11.8 Å². The van der Waals surface area contributed by atoms with Gasteiger partial charge >= 0.3 is 5.97 Å². The molecule has 1 fully saturated rings. The Labute approximate surface area is 136 Å². The highest BCUT2D eigenvalue weighted by molar-refractivity contribution is 5.96. The maximum Gasteiger partial charge on any atom is 0.340 e. The standard InChI is InChI=1S/C17H24N2O4/c1-10-4-3-5-15(11(10)2)19-16(21)9-23-17(22)13-8-12(20)6-7-14(13)18/h6-8,10-11,15,20H,3-5,9,18H2,1-2H3,(H,19,21). The van der Waals surface area contributed by atoms with E-state index >= 15 is 0 Å². The number of anilines is 1. The predicted molar refractivity (Wildman–Crippen MR) is 86.9 cm³/mol. The maximum atomic E-state index is 12.0. The molecule has 23 heavy (non-hydrogen) atoms. The molecule has 1 aromatic carbocycles. The van der Waals surface area contributed by atoms with Gasteiger partial charge in [0.25, 0.3) is 5.91 Å². The zero-order valence-corrected chi connectivity index (χ0v) is 13.5. The van der Waals surface area contributed by atoms with Crippen LogP contribution in [0.25, 0.3) is 0 Å². The summed E-state index contributed by atoms with van der Waals surface area (Å²) in [5, 5.41) is 12.3. The van der Waals surface area contributed by atoms with E-state index in [1.807, 2.05) is 0 Å². The Bertz CT molecular complexity index is 588. The SMILES string of the molecule is CC1CCCC(NC(=O)COC(=O)c2cc(O)ccc2N)C1C. The van der Waals surface area contributed by atoms with Gasteiger partial charge in [0, 0.05) is 11.7 Å². The number of phenols is 1. The third-order valence-electron chi connectivity index (χ3n) is 4.64. The second-order valence-electron chi connectivity index (χ2n) is 6.29. The molecule has 3 unspecified atom stereocenters. The van der Waals surface area contributed by atoms with Crippen LogP contribution in [-0.4, -0.2) is 29.6 Å². The number of amides is 1. The first-order valence-corrected chi connectivity index (χ1v) is 7.93. The zero-order valence-electron chi connectivity index (χ0n) is 13.5. The van der Waals surface area contributed by atoms with Gasteiger partial charge in [-0.3, -0.25) is 4.79 Å². The van der Waals surface area contributed by atoms with Gasteiger partial charge in [0.05, 0.1) is 5.56 Å². The molecule has 1 aliphatic carbocycles. The normalized spacial score (nSPS) is 24.0. The van der Waals surface area contributed by atoms with E-state index in [1.165, 1.54) is 24.6 Å². The molecule has 2 rings (SSSR count). The van der Waals surface area contributed by atoms with Crippen LogP contribution in [0.2, 0.25) is 0 Å². The first-order chi connectivity index (χ1) is 10.9. The molecule has 0 saturated heterocycles. The van der Waals surface area contributed by atoms with Crippen LogP contribution in [0.5, 0.6) is 5.75 Å². The van der Waals surface area contributed by atoms with E-state index in [1.54, 1.807) is 0 Å². The van der Waals surface area contributed by atoms with E-state index in [2.05, 4.69) is 19.2 Å². The molecule has 1 aliphatic rings. The van der Waals surface area contributed by atoms with E-state index < -0.39 is 5.97 Å². The number of benzene rings is 1.